The lowest BCUT2D eigenvalue weighted by molar-refractivity contribution is 0.102. The molecule has 2 aromatic rings. The molecule has 0 aliphatic rings. The van der Waals surface area contributed by atoms with Gasteiger partial charge >= 0.3 is 0 Å². The van der Waals surface area contributed by atoms with Crippen molar-refractivity contribution in [3.8, 4) is 6.07 Å². The van der Waals surface area contributed by atoms with Crippen LogP contribution in [0.3, 0.4) is 0 Å². The van der Waals surface area contributed by atoms with E-state index in [-0.39, 0.29) is 5.91 Å². The maximum Gasteiger partial charge on any atom is 0.274 e. The molecule has 1 heterocycles. The number of nitrogens with one attached hydrogen (secondary N) is 2. The van der Waals surface area contributed by atoms with Crippen LogP contribution in [0.5, 0.6) is 0 Å². The second kappa shape index (κ2) is 7.76. The highest BCUT2D eigenvalue weighted by atomic mass is 16.5. The third-order valence-electron chi connectivity index (χ3n) is 2.88. The Labute approximate surface area is 128 Å². The van der Waals surface area contributed by atoms with E-state index in [4.69, 9.17) is 10.00 Å². The molecule has 1 aromatic carbocycles. The number of amides is 1. The molecule has 0 bridgehead atoms. The van der Waals surface area contributed by atoms with Gasteiger partial charge in [0, 0.05) is 19.3 Å². The van der Waals surface area contributed by atoms with Crippen molar-refractivity contribution in [1.82, 2.24) is 4.98 Å². The van der Waals surface area contributed by atoms with Crippen molar-refractivity contribution in [2.24, 2.45) is 0 Å². The monoisotopic (exact) mass is 296 g/mol. The summed E-state index contributed by atoms with van der Waals surface area (Å²) >= 11 is 0. The number of hydrogen-bond donors (Lipinski definition) is 2. The van der Waals surface area contributed by atoms with E-state index in [1.807, 2.05) is 6.07 Å². The molecule has 0 aliphatic carbocycles. The molecular formula is C16H16N4O2. The molecule has 1 aromatic heterocycles. The van der Waals surface area contributed by atoms with Crippen LogP contribution >= 0.6 is 0 Å². The van der Waals surface area contributed by atoms with Crippen LogP contribution in [0.4, 0.5) is 11.4 Å². The third-order valence-corrected chi connectivity index (χ3v) is 2.88. The SMILES string of the molecule is COCCNc1ccc(C(=O)Nc2cccc(C#N)c2)nc1. The predicted octanol–water partition coefficient (Wildman–Crippen LogP) is 2.26. The molecule has 0 saturated carbocycles. The standard InChI is InChI=1S/C16H16N4O2/c1-22-8-7-18-14-5-6-15(19-11-14)16(21)20-13-4-2-3-12(9-13)10-17/h2-6,9,11,18H,7-8H2,1H3,(H,20,21). The second-order valence-corrected chi connectivity index (χ2v) is 4.50. The number of pyridine rings is 1. The van der Waals surface area contributed by atoms with Gasteiger partial charge in [-0.2, -0.15) is 5.26 Å². The number of hydrogen-bond acceptors (Lipinski definition) is 5. The Kier molecular flexibility index (Phi) is 5.46. The maximum absolute atomic E-state index is 12.1. The Balaban J connectivity index is 1.99. The number of nitrogens with zero attached hydrogens (tertiary/aromatic N) is 2. The summed E-state index contributed by atoms with van der Waals surface area (Å²) in [6, 6.07) is 12.2. The molecule has 0 unspecified atom stereocenters. The number of anilines is 2. The molecule has 0 spiro atoms. The quantitative estimate of drug-likeness (QED) is 0.798. The van der Waals surface area contributed by atoms with E-state index in [9.17, 15) is 4.79 Å². The summed E-state index contributed by atoms with van der Waals surface area (Å²) in [7, 11) is 1.63. The Morgan fingerprint density at radius 2 is 2.18 bits per heavy atom. The average Bonchev–Trinajstić information content (AvgIpc) is 2.56. The van der Waals surface area contributed by atoms with Crippen molar-refractivity contribution < 1.29 is 9.53 Å². The van der Waals surface area contributed by atoms with Crippen molar-refractivity contribution in [2.75, 3.05) is 30.9 Å². The molecule has 0 fully saturated rings. The van der Waals surface area contributed by atoms with Crippen LogP contribution < -0.4 is 10.6 Å². The van der Waals surface area contributed by atoms with E-state index in [1.165, 1.54) is 0 Å². The summed E-state index contributed by atoms with van der Waals surface area (Å²) in [5, 5.41) is 14.7. The van der Waals surface area contributed by atoms with Crippen molar-refractivity contribution in [3.05, 3.63) is 53.9 Å². The fourth-order valence-corrected chi connectivity index (χ4v) is 1.79. The number of ether oxygens (including phenoxy) is 1. The first-order valence-electron chi connectivity index (χ1n) is 6.73. The zero-order valence-corrected chi connectivity index (χ0v) is 12.2. The van der Waals surface area contributed by atoms with E-state index in [1.54, 1.807) is 49.7 Å². The van der Waals surface area contributed by atoms with E-state index in [0.717, 1.165) is 5.69 Å². The molecule has 0 saturated heterocycles. The van der Waals surface area contributed by atoms with Gasteiger partial charge in [-0.1, -0.05) is 6.07 Å². The largest absolute Gasteiger partial charge is 0.383 e. The number of carbonyl (C=O) groups excluding carboxylic acids is 1. The van der Waals surface area contributed by atoms with Crippen LogP contribution in [0.25, 0.3) is 0 Å². The third kappa shape index (κ3) is 4.30. The minimum atomic E-state index is -0.321. The Hall–Kier alpha value is -2.91. The van der Waals surface area contributed by atoms with E-state index in [0.29, 0.717) is 30.1 Å². The highest BCUT2D eigenvalue weighted by molar-refractivity contribution is 6.03. The van der Waals surface area contributed by atoms with Crippen molar-refractivity contribution in [2.45, 2.75) is 0 Å². The highest BCUT2D eigenvalue weighted by Crippen LogP contribution is 2.12. The fraction of sp³-hybridized carbons (Fsp3) is 0.188. The molecule has 2 N–H and O–H groups in total. The zero-order chi connectivity index (χ0) is 15.8. The highest BCUT2D eigenvalue weighted by Gasteiger charge is 2.08. The zero-order valence-electron chi connectivity index (χ0n) is 12.2. The van der Waals surface area contributed by atoms with Crippen LogP contribution in [-0.2, 0) is 4.74 Å². The molecule has 2 rings (SSSR count). The lowest BCUT2D eigenvalue weighted by Crippen LogP contribution is -2.14. The van der Waals surface area contributed by atoms with Crippen LogP contribution in [-0.4, -0.2) is 31.2 Å². The predicted molar refractivity (Wildman–Crippen MR) is 83.7 cm³/mol. The lowest BCUT2D eigenvalue weighted by Gasteiger charge is -2.07. The summed E-state index contributed by atoms with van der Waals surface area (Å²) in [4.78, 5) is 16.2. The van der Waals surface area contributed by atoms with Gasteiger partial charge < -0.3 is 15.4 Å². The first-order valence-corrected chi connectivity index (χ1v) is 6.73. The number of nitriles is 1. The number of benzene rings is 1. The van der Waals surface area contributed by atoms with Gasteiger partial charge in [0.1, 0.15) is 5.69 Å². The van der Waals surface area contributed by atoms with Crippen LogP contribution in [0.15, 0.2) is 42.6 Å². The number of aromatic nitrogens is 1. The van der Waals surface area contributed by atoms with Gasteiger partial charge in [-0.3, -0.25) is 4.79 Å². The maximum atomic E-state index is 12.1. The Morgan fingerprint density at radius 1 is 1.32 bits per heavy atom. The molecule has 6 heteroatoms. The summed E-state index contributed by atoms with van der Waals surface area (Å²) < 4.78 is 4.94. The number of carbonyl (C=O) groups is 1. The molecule has 1 amide bonds. The first kappa shape index (κ1) is 15.5. The topological polar surface area (TPSA) is 87.0 Å². The summed E-state index contributed by atoms with van der Waals surface area (Å²) in [5.74, 6) is -0.321. The van der Waals surface area contributed by atoms with E-state index >= 15 is 0 Å². The van der Waals surface area contributed by atoms with Gasteiger partial charge in [-0.15, -0.1) is 0 Å². The smallest absolute Gasteiger partial charge is 0.274 e. The molecule has 112 valence electrons. The van der Waals surface area contributed by atoms with Crippen LogP contribution in [0.1, 0.15) is 16.1 Å². The average molecular weight is 296 g/mol. The minimum Gasteiger partial charge on any atom is -0.383 e. The van der Waals surface area contributed by atoms with Gasteiger partial charge in [-0.05, 0) is 30.3 Å². The van der Waals surface area contributed by atoms with Crippen LogP contribution in [0, 0.1) is 11.3 Å². The second-order valence-electron chi connectivity index (χ2n) is 4.50. The summed E-state index contributed by atoms with van der Waals surface area (Å²) in [6.45, 7) is 1.27. The number of methoxy groups -OCH3 is 1. The fourth-order valence-electron chi connectivity index (χ4n) is 1.79. The molecule has 6 nitrogen and oxygen atoms in total. The summed E-state index contributed by atoms with van der Waals surface area (Å²) in [6.07, 6.45) is 1.59. The van der Waals surface area contributed by atoms with Gasteiger partial charge in [0.2, 0.25) is 0 Å². The normalized spacial score (nSPS) is 9.82. The Bertz CT molecular complexity index is 677. The minimum absolute atomic E-state index is 0.305. The molecule has 0 atom stereocenters. The van der Waals surface area contributed by atoms with Gasteiger partial charge in [0.15, 0.2) is 0 Å². The number of rotatable bonds is 6. The molecular weight excluding hydrogens is 280 g/mol. The molecule has 0 radical (unpaired) electrons. The van der Waals surface area contributed by atoms with Crippen LogP contribution in [0.2, 0.25) is 0 Å². The molecule has 0 aliphatic heterocycles. The van der Waals surface area contributed by atoms with Crippen molar-refractivity contribution in [3.63, 3.8) is 0 Å². The van der Waals surface area contributed by atoms with E-state index in [2.05, 4.69) is 15.6 Å². The Morgan fingerprint density at radius 3 is 2.86 bits per heavy atom. The first-order chi connectivity index (χ1) is 10.7. The van der Waals surface area contributed by atoms with Gasteiger partial charge in [0.05, 0.1) is 30.1 Å². The van der Waals surface area contributed by atoms with E-state index < -0.39 is 0 Å². The van der Waals surface area contributed by atoms with Gasteiger partial charge in [-0.25, -0.2) is 4.98 Å². The van der Waals surface area contributed by atoms with Gasteiger partial charge in [0.25, 0.3) is 5.91 Å². The molecule has 22 heavy (non-hydrogen) atoms. The van der Waals surface area contributed by atoms with Crippen molar-refractivity contribution >= 4 is 17.3 Å². The van der Waals surface area contributed by atoms with Crippen molar-refractivity contribution in [1.29, 1.82) is 5.26 Å². The summed E-state index contributed by atoms with van der Waals surface area (Å²) in [5.41, 5.74) is 2.18. The lowest BCUT2D eigenvalue weighted by atomic mass is 10.2.